The van der Waals surface area contributed by atoms with Gasteiger partial charge in [0.15, 0.2) is 0 Å². The average Bonchev–Trinajstić information content (AvgIpc) is 2.44. The highest BCUT2D eigenvalue weighted by Gasteiger charge is 2.15. The fourth-order valence-electron chi connectivity index (χ4n) is 1.76. The van der Waals surface area contributed by atoms with E-state index in [1.165, 1.54) is 11.0 Å². The van der Waals surface area contributed by atoms with E-state index < -0.39 is 0 Å². The summed E-state index contributed by atoms with van der Waals surface area (Å²) in [6.07, 6.45) is 1.22. The van der Waals surface area contributed by atoms with Gasteiger partial charge in [0.05, 0.1) is 12.6 Å². The van der Waals surface area contributed by atoms with E-state index in [0.717, 1.165) is 5.56 Å². The molecule has 0 saturated carbocycles. The molecule has 4 heteroatoms. The van der Waals surface area contributed by atoms with Crippen molar-refractivity contribution in [2.75, 3.05) is 13.1 Å². The van der Waals surface area contributed by atoms with Crippen molar-refractivity contribution in [2.24, 2.45) is 0 Å². The third-order valence-electron chi connectivity index (χ3n) is 2.88. The zero-order valence-corrected chi connectivity index (χ0v) is 11.4. The van der Waals surface area contributed by atoms with Crippen molar-refractivity contribution in [1.29, 1.82) is 0 Å². The Bertz CT molecular complexity index is 443. The molecule has 1 N–H and O–H groups in total. The van der Waals surface area contributed by atoms with E-state index in [1.54, 1.807) is 0 Å². The minimum absolute atomic E-state index is 0.0541. The second-order valence-corrected chi connectivity index (χ2v) is 4.26. The maximum absolute atomic E-state index is 11.9. The first-order valence-electron chi connectivity index (χ1n) is 6.34. The molecule has 0 spiro atoms. The lowest BCUT2D eigenvalue weighted by Gasteiger charge is -2.20. The molecule has 2 amide bonds. The van der Waals surface area contributed by atoms with Crippen molar-refractivity contribution < 1.29 is 9.59 Å². The summed E-state index contributed by atoms with van der Waals surface area (Å²) in [4.78, 5) is 24.8. The van der Waals surface area contributed by atoms with Gasteiger partial charge >= 0.3 is 0 Å². The highest BCUT2D eigenvalue weighted by Crippen LogP contribution is 2.10. The summed E-state index contributed by atoms with van der Waals surface area (Å²) < 4.78 is 0. The topological polar surface area (TPSA) is 49.4 Å². The summed E-state index contributed by atoms with van der Waals surface area (Å²) in [5.74, 6) is -0.404. The van der Waals surface area contributed by atoms with Crippen LogP contribution in [0.3, 0.4) is 0 Å². The summed E-state index contributed by atoms with van der Waals surface area (Å²) in [6.45, 7) is 7.70. The van der Waals surface area contributed by atoms with Crippen molar-refractivity contribution in [2.45, 2.75) is 19.9 Å². The van der Waals surface area contributed by atoms with E-state index in [9.17, 15) is 9.59 Å². The molecule has 0 radical (unpaired) electrons. The van der Waals surface area contributed by atoms with Gasteiger partial charge < -0.3 is 10.2 Å². The first-order valence-corrected chi connectivity index (χ1v) is 6.34. The van der Waals surface area contributed by atoms with Crippen molar-refractivity contribution in [3.63, 3.8) is 0 Å². The van der Waals surface area contributed by atoms with Crippen LogP contribution in [0.5, 0.6) is 0 Å². The Hall–Kier alpha value is -2.10. The number of nitrogens with zero attached hydrogens (tertiary/aromatic N) is 1. The van der Waals surface area contributed by atoms with Crippen molar-refractivity contribution in [3.8, 4) is 0 Å². The minimum Gasteiger partial charge on any atom is -0.348 e. The summed E-state index contributed by atoms with van der Waals surface area (Å²) in [7, 11) is 0. The highest BCUT2D eigenvalue weighted by molar-refractivity contribution is 5.90. The van der Waals surface area contributed by atoms with Gasteiger partial charge in [0.1, 0.15) is 0 Å². The fraction of sp³-hybridized carbons (Fsp3) is 0.333. The Kier molecular flexibility index (Phi) is 5.79. The van der Waals surface area contributed by atoms with E-state index in [4.69, 9.17) is 0 Å². The number of amides is 2. The number of hydrogen-bond acceptors (Lipinski definition) is 2. The largest absolute Gasteiger partial charge is 0.348 e. The lowest BCUT2D eigenvalue weighted by Crippen LogP contribution is -2.40. The molecule has 0 aliphatic rings. The molecule has 0 unspecified atom stereocenters. The van der Waals surface area contributed by atoms with Crippen LogP contribution in [-0.2, 0) is 9.59 Å². The summed E-state index contributed by atoms with van der Waals surface area (Å²) in [5, 5.41) is 2.87. The number of carbonyl (C=O) groups is 2. The van der Waals surface area contributed by atoms with E-state index in [1.807, 2.05) is 44.2 Å². The number of rotatable bonds is 6. The monoisotopic (exact) mass is 260 g/mol. The lowest BCUT2D eigenvalue weighted by molar-refractivity contribution is -0.132. The Labute approximate surface area is 114 Å². The Morgan fingerprint density at radius 3 is 2.53 bits per heavy atom. The SMILES string of the molecule is C=CC(=O)N(CC)CC(=O)N[C@H](C)c1ccccc1. The van der Waals surface area contributed by atoms with Gasteiger partial charge in [-0.3, -0.25) is 9.59 Å². The molecule has 0 bridgehead atoms. The summed E-state index contributed by atoms with van der Waals surface area (Å²) in [5.41, 5.74) is 1.04. The minimum atomic E-state index is -0.231. The number of carbonyl (C=O) groups excluding carboxylic acids is 2. The highest BCUT2D eigenvalue weighted by atomic mass is 16.2. The first-order chi connectivity index (χ1) is 9.08. The van der Waals surface area contributed by atoms with Gasteiger partial charge in [-0.25, -0.2) is 0 Å². The van der Waals surface area contributed by atoms with Crippen LogP contribution in [0.2, 0.25) is 0 Å². The zero-order chi connectivity index (χ0) is 14.3. The van der Waals surface area contributed by atoms with Gasteiger partial charge in [-0.05, 0) is 25.5 Å². The lowest BCUT2D eigenvalue weighted by atomic mass is 10.1. The molecule has 0 fully saturated rings. The fourth-order valence-corrected chi connectivity index (χ4v) is 1.76. The van der Waals surface area contributed by atoms with Crippen LogP contribution in [0.1, 0.15) is 25.5 Å². The third-order valence-corrected chi connectivity index (χ3v) is 2.88. The molecular weight excluding hydrogens is 240 g/mol. The van der Waals surface area contributed by atoms with Gasteiger partial charge in [-0.2, -0.15) is 0 Å². The quantitative estimate of drug-likeness (QED) is 0.794. The van der Waals surface area contributed by atoms with Crippen LogP contribution in [0.4, 0.5) is 0 Å². The second kappa shape index (κ2) is 7.36. The van der Waals surface area contributed by atoms with Gasteiger partial charge in [-0.15, -0.1) is 0 Å². The predicted molar refractivity (Wildman–Crippen MR) is 75.5 cm³/mol. The van der Waals surface area contributed by atoms with Crippen LogP contribution in [-0.4, -0.2) is 29.8 Å². The number of hydrogen-bond donors (Lipinski definition) is 1. The number of nitrogens with one attached hydrogen (secondary N) is 1. The molecule has 0 saturated heterocycles. The standard InChI is InChI=1S/C15H20N2O2/c1-4-15(19)17(5-2)11-14(18)16-12(3)13-9-7-6-8-10-13/h4,6-10,12H,1,5,11H2,2-3H3,(H,16,18)/t12-/m1/s1. The van der Waals surface area contributed by atoms with E-state index in [2.05, 4.69) is 11.9 Å². The van der Waals surface area contributed by atoms with Crippen LogP contribution in [0.15, 0.2) is 43.0 Å². The number of benzene rings is 1. The van der Waals surface area contributed by atoms with Crippen LogP contribution in [0, 0.1) is 0 Å². The normalized spacial score (nSPS) is 11.5. The van der Waals surface area contributed by atoms with Crippen molar-refractivity contribution in [3.05, 3.63) is 48.6 Å². The van der Waals surface area contributed by atoms with Crippen molar-refractivity contribution >= 4 is 11.8 Å². The molecule has 0 heterocycles. The number of likely N-dealkylation sites (N-methyl/N-ethyl adjacent to an activating group) is 1. The molecule has 102 valence electrons. The van der Waals surface area contributed by atoms with Crippen LogP contribution < -0.4 is 5.32 Å². The van der Waals surface area contributed by atoms with Crippen LogP contribution in [0.25, 0.3) is 0 Å². The molecule has 1 rings (SSSR count). The van der Waals surface area contributed by atoms with E-state index >= 15 is 0 Å². The molecule has 1 atom stereocenters. The molecule has 1 aromatic rings. The molecule has 0 aromatic heterocycles. The molecule has 1 aromatic carbocycles. The smallest absolute Gasteiger partial charge is 0.246 e. The predicted octanol–water partition coefficient (Wildman–Crippen LogP) is 1.90. The summed E-state index contributed by atoms with van der Waals surface area (Å²) >= 11 is 0. The molecule has 0 aliphatic carbocycles. The van der Waals surface area contributed by atoms with Gasteiger partial charge in [0, 0.05) is 6.54 Å². The second-order valence-electron chi connectivity index (χ2n) is 4.26. The zero-order valence-electron chi connectivity index (χ0n) is 11.4. The third kappa shape index (κ3) is 4.58. The summed E-state index contributed by atoms with van der Waals surface area (Å²) in [6, 6.07) is 9.62. The Morgan fingerprint density at radius 2 is 2.00 bits per heavy atom. The molecule has 19 heavy (non-hydrogen) atoms. The first kappa shape index (κ1) is 15.0. The van der Waals surface area contributed by atoms with E-state index in [0.29, 0.717) is 6.54 Å². The van der Waals surface area contributed by atoms with Gasteiger partial charge in [0.2, 0.25) is 11.8 Å². The maximum atomic E-state index is 11.9. The van der Waals surface area contributed by atoms with Crippen molar-refractivity contribution in [1.82, 2.24) is 10.2 Å². The van der Waals surface area contributed by atoms with Gasteiger partial charge in [-0.1, -0.05) is 36.9 Å². The Morgan fingerprint density at radius 1 is 1.37 bits per heavy atom. The van der Waals surface area contributed by atoms with E-state index in [-0.39, 0.29) is 24.4 Å². The Balaban J connectivity index is 2.55. The molecule has 4 nitrogen and oxygen atoms in total. The maximum Gasteiger partial charge on any atom is 0.246 e. The van der Waals surface area contributed by atoms with Gasteiger partial charge in [0.25, 0.3) is 0 Å². The van der Waals surface area contributed by atoms with Crippen LogP contribution >= 0.6 is 0 Å². The molecule has 0 aliphatic heterocycles. The molecular formula is C15H20N2O2. The average molecular weight is 260 g/mol.